The average Bonchev–Trinajstić information content (AvgIpc) is 2.35. The van der Waals surface area contributed by atoms with Gasteiger partial charge in [0.15, 0.2) is 0 Å². The molecule has 0 aliphatic heterocycles. The van der Waals surface area contributed by atoms with Crippen LogP contribution < -0.4 is 0 Å². The number of nitro benzene ring substituents is 1. The Morgan fingerprint density at radius 3 is 2.94 bits per heavy atom. The smallest absolute Gasteiger partial charge is 0.258 e. The maximum Gasteiger partial charge on any atom is 0.278 e. The summed E-state index contributed by atoms with van der Waals surface area (Å²) in [4.78, 5) is 14.7. The third-order valence-electron chi connectivity index (χ3n) is 2.36. The number of aromatic nitrogens is 1. The van der Waals surface area contributed by atoms with Crippen LogP contribution in [0.3, 0.4) is 0 Å². The molecule has 0 atom stereocenters. The molecular weight excluding hydrogens is 284 g/mol. The van der Waals surface area contributed by atoms with Crippen molar-refractivity contribution >= 4 is 38.6 Å². The number of non-ortho nitro benzene ring substituents is 1. The molecule has 17 heavy (non-hydrogen) atoms. The summed E-state index contributed by atoms with van der Waals surface area (Å²) in [7, 11) is 0. The molecule has 1 heterocycles. The monoisotopic (exact) mass is 292 g/mol. The van der Waals surface area contributed by atoms with E-state index >= 15 is 0 Å². The highest BCUT2D eigenvalue weighted by Gasteiger charge is 2.13. The molecule has 0 amide bonds. The minimum Gasteiger partial charge on any atom is -0.258 e. The summed E-state index contributed by atoms with van der Waals surface area (Å²) < 4.78 is 0. The van der Waals surface area contributed by atoms with Gasteiger partial charge in [-0.3, -0.25) is 15.1 Å². The Kier molecular flexibility index (Phi) is 3.49. The van der Waals surface area contributed by atoms with E-state index in [2.05, 4.69) is 20.9 Å². The van der Waals surface area contributed by atoms with Crippen LogP contribution in [0.1, 0.15) is 5.56 Å². The van der Waals surface area contributed by atoms with Gasteiger partial charge < -0.3 is 0 Å². The van der Waals surface area contributed by atoms with E-state index in [1.54, 1.807) is 24.4 Å². The van der Waals surface area contributed by atoms with Crippen LogP contribution in [0.2, 0.25) is 0 Å². The van der Waals surface area contributed by atoms with Crippen LogP contribution in [0.25, 0.3) is 17.0 Å². The highest BCUT2D eigenvalue weighted by Crippen LogP contribution is 2.27. The van der Waals surface area contributed by atoms with Crippen molar-refractivity contribution in [2.24, 2.45) is 0 Å². The lowest BCUT2D eigenvalue weighted by Gasteiger charge is -2.02. The Balaban J connectivity index is 2.70. The molecule has 0 aliphatic carbocycles. The molecule has 0 radical (unpaired) electrons. The highest BCUT2D eigenvalue weighted by atomic mass is 79.9. The number of fused-ring (bicyclic) bond motifs is 1. The second-order valence-corrected chi connectivity index (χ2v) is 4.03. The van der Waals surface area contributed by atoms with Crippen molar-refractivity contribution in [3.63, 3.8) is 0 Å². The van der Waals surface area contributed by atoms with Gasteiger partial charge >= 0.3 is 0 Å². The summed E-state index contributed by atoms with van der Waals surface area (Å²) in [5.41, 5.74) is 1.62. The van der Waals surface area contributed by atoms with Crippen LogP contribution in [-0.2, 0) is 0 Å². The second kappa shape index (κ2) is 5.05. The van der Waals surface area contributed by atoms with Crippen molar-refractivity contribution in [2.45, 2.75) is 0 Å². The topological polar surface area (TPSA) is 56.0 Å². The van der Waals surface area contributed by atoms with Gasteiger partial charge in [-0.15, -0.1) is 0 Å². The van der Waals surface area contributed by atoms with Gasteiger partial charge in [0, 0.05) is 23.2 Å². The minimum absolute atomic E-state index is 0.0871. The molecule has 86 valence electrons. The summed E-state index contributed by atoms with van der Waals surface area (Å²) in [5.74, 6) is 0. The molecule has 0 saturated heterocycles. The van der Waals surface area contributed by atoms with E-state index in [1.165, 1.54) is 6.07 Å². The van der Waals surface area contributed by atoms with Crippen molar-refractivity contribution in [2.75, 3.05) is 5.33 Å². The molecule has 2 rings (SSSR count). The van der Waals surface area contributed by atoms with Crippen molar-refractivity contribution < 1.29 is 4.92 Å². The summed E-state index contributed by atoms with van der Waals surface area (Å²) >= 11 is 3.29. The highest BCUT2D eigenvalue weighted by molar-refractivity contribution is 9.09. The average molecular weight is 293 g/mol. The molecule has 0 bridgehead atoms. The molecule has 0 fully saturated rings. The number of hydrogen-bond acceptors (Lipinski definition) is 3. The van der Waals surface area contributed by atoms with E-state index in [0.717, 1.165) is 10.9 Å². The zero-order valence-corrected chi connectivity index (χ0v) is 10.4. The molecule has 4 nitrogen and oxygen atoms in total. The Labute approximate surface area is 106 Å². The van der Waals surface area contributed by atoms with Crippen LogP contribution in [0.15, 0.2) is 36.5 Å². The number of alkyl halides is 1. The number of pyridine rings is 1. The molecule has 5 heteroatoms. The first kappa shape index (κ1) is 11.7. The maximum atomic E-state index is 10.9. The lowest BCUT2D eigenvalue weighted by atomic mass is 10.1. The van der Waals surface area contributed by atoms with Gasteiger partial charge in [-0.2, -0.15) is 0 Å². The first-order valence-corrected chi connectivity index (χ1v) is 6.11. The van der Waals surface area contributed by atoms with Crippen molar-refractivity contribution in [3.05, 3.63) is 52.2 Å². The molecule has 0 spiro atoms. The van der Waals surface area contributed by atoms with Crippen molar-refractivity contribution in [1.29, 1.82) is 0 Å². The predicted molar refractivity (Wildman–Crippen MR) is 71.2 cm³/mol. The Hall–Kier alpha value is -1.75. The summed E-state index contributed by atoms with van der Waals surface area (Å²) in [6.45, 7) is 0. The molecule has 0 saturated carbocycles. The van der Waals surface area contributed by atoms with E-state index in [0.29, 0.717) is 10.9 Å². The largest absolute Gasteiger partial charge is 0.278 e. The van der Waals surface area contributed by atoms with E-state index < -0.39 is 0 Å². The molecule has 1 aromatic carbocycles. The third kappa shape index (κ3) is 2.34. The normalized spacial score (nSPS) is 11.1. The molecular formula is C12H9BrN2O2. The zero-order chi connectivity index (χ0) is 12.3. The van der Waals surface area contributed by atoms with E-state index in [4.69, 9.17) is 0 Å². The van der Waals surface area contributed by atoms with Gasteiger partial charge in [0.1, 0.15) is 0 Å². The Bertz CT molecular complexity index is 596. The van der Waals surface area contributed by atoms with Crippen LogP contribution in [-0.4, -0.2) is 15.2 Å². The molecule has 1 aromatic heterocycles. The fraction of sp³-hybridized carbons (Fsp3) is 0.0833. The standard InChI is InChI=1S/C12H9BrN2O2/c13-7-1-3-9-5-6-11(15(16)17)10-4-2-8-14-12(9)10/h1-6,8H,7H2. The van der Waals surface area contributed by atoms with Gasteiger partial charge in [0.05, 0.1) is 15.8 Å². The van der Waals surface area contributed by atoms with Crippen molar-refractivity contribution in [1.82, 2.24) is 4.98 Å². The number of hydrogen-bond donors (Lipinski definition) is 0. The van der Waals surface area contributed by atoms with E-state index in [1.807, 2.05) is 12.2 Å². The van der Waals surface area contributed by atoms with Crippen LogP contribution in [0, 0.1) is 10.1 Å². The van der Waals surface area contributed by atoms with E-state index in [9.17, 15) is 10.1 Å². The maximum absolute atomic E-state index is 10.9. The van der Waals surface area contributed by atoms with E-state index in [-0.39, 0.29) is 10.6 Å². The Morgan fingerprint density at radius 2 is 2.24 bits per heavy atom. The number of benzene rings is 1. The van der Waals surface area contributed by atoms with Gasteiger partial charge in [0.25, 0.3) is 5.69 Å². The number of nitro groups is 1. The summed E-state index contributed by atoms with van der Waals surface area (Å²) in [6, 6.07) is 6.64. The van der Waals surface area contributed by atoms with Crippen LogP contribution in [0.4, 0.5) is 5.69 Å². The zero-order valence-electron chi connectivity index (χ0n) is 8.84. The second-order valence-electron chi connectivity index (χ2n) is 3.39. The fourth-order valence-electron chi connectivity index (χ4n) is 1.64. The number of halogens is 1. The molecule has 0 N–H and O–H groups in total. The number of allylic oxidation sites excluding steroid dienone is 1. The third-order valence-corrected chi connectivity index (χ3v) is 2.73. The Morgan fingerprint density at radius 1 is 1.41 bits per heavy atom. The van der Waals surface area contributed by atoms with Crippen LogP contribution in [0.5, 0.6) is 0 Å². The lowest BCUT2D eigenvalue weighted by molar-refractivity contribution is -0.383. The quantitative estimate of drug-likeness (QED) is 0.494. The van der Waals surface area contributed by atoms with Gasteiger partial charge in [-0.1, -0.05) is 28.1 Å². The van der Waals surface area contributed by atoms with Crippen molar-refractivity contribution in [3.8, 4) is 0 Å². The SMILES string of the molecule is O=[N+]([O-])c1ccc(C=CCBr)c2ncccc12. The van der Waals surface area contributed by atoms with Gasteiger partial charge in [-0.05, 0) is 18.2 Å². The first-order valence-electron chi connectivity index (χ1n) is 4.98. The number of nitrogens with zero attached hydrogens (tertiary/aromatic N) is 2. The fourth-order valence-corrected chi connectivity index (χ4v) is 1.83. The minimum atomic E-state index is -0.387. The van der Waals surface area contributed by atoms with Gasteiger partial charge in [0.2, 0.25) is 0 Å². The molecule has 0 unspecified atom stereocenters. The summed E-state index contributed by atoms with van der Waals surface area (Å²) in [6.07, 6.45) is 5.46. The molecule has 2 aromatic rings. The molecule has 0 aliphatic rings. The van der Waals surface area contributed by atoms with Crippen LogP contribution >= 0.6 is 15.9 Å². The summed E-state index contributed by atoms with van der Waals surface area (Å²) in [5, 5.41) is 12.2. The van der Waals surface area contributed by atoms with Gasteiger partial charge in [-0.25, -0.2) is 0 Å². The first-order chi connectivity index (χ1) is 8.24. The predicted octanol–water partition coefficient (Wildman–Crippen LogP) is 3.55. The number of rotatable bonds is 3. The lowest BCUT2D eigenvalue weighted by Crippen LogP contribution is -1.92.